The molecule has 4 nitrogen and oxygen atoms in total. The van der Waals surface area contributed by atoms with Crippen LogP contribution >= 0.6 is 11.6 Å². The smallest absolute Gasteiger partial charge is 0.234 e. The van der Waals surface area contributed by atoms with Crippen molar-refractivity contribution in [2.75, 3.05) is 23.8 Å². The molecule has 0 radical (unpaired) electrons. The zero-order valence-electron chi connectivity index (χ0n) is 9.42. The Bertz CT molecular complexity index is 491. The number of carbonyl (C=O) groups excluding carboxylic acids is 1. The van der Waals surface area contributed by atoms with E-state index < -0.39 is 5.41 Å². The number of rotatable bonds is 0. The summed E-state index contributed by atoms with van der Waals surface area (Å²) in [5, 5.41) is 6.78. The van der Waals surface area contributed by atoms with E-state index in [2.05, 4.69) is 10.6 Å². The fourth-order valence-corrected chi connectivity index (χ4v) is 2.54. The van der Waals surface area contributed by atoms with Crippen LogP contribution in [0.25, 0.3) is 0 Å². The molecule has 1 saturated heterocycles. The normalized spacial score (nSPS) is 30.9. The monoisotopic (exact) mass is 252 g/mol. The number of nitrogens with one attached hydrogen (secondary N) is 2. The summed E-state index contributed by atoms with van der Waals surface area (Å²) in [6.45, 7) is 2.88. The van der Waals surface area contributed by atoms with Gasteiger partial charge in [0.05, 0.1) is 41.1 Å². The molecule has 1 amide bonds. The topological polar surface area (TPSA) is 50.4 Å². The number of anilines is 2. The average molecular weight is 253 g/mol. The molecule has 0 spiro atoms. The number of hydrogen-bond acceptors (Lipinski definition) is 3. The summed E-state index contributed by atoms with van der Waals surface area (Å²) in [6, 6.07) is 5.52. The molecule has 2 aliphatic heterocycles. The molecule has 2 aliphatic rings. The van der Waals surface area contributed by atoms with Crippen molar-refractivity contribution in [1.82, 2.24) is 0 Å². The van der Waals surface area contributed by atoms with Gasteiger partial charge in [-0.2, -0.15) is 0 Å². The highest BCUT2D eigenvalue weighted by molar-refractivity contribution is 6.34. The summed E-state index contributed by atoms with van der Waals surface area (Å²) in [4.78, 5) is 12.2. The molecule has 0 aromatic heterocycles. The van der Waals surface area contributed by atoms with E-state index in [0.29, 0.717) is 23.9 Å². The maximum absolute atomic E-state index is 12.2. The molecule has 2 atom stereocenters. The largest absolute Gasteiger partial charge is 0.378 e. The lowest BCUT2D eigenvalue weighted by Gasteiger charge is -2.25. The lowest BCUT2D eigenvalue weighted by atomic mass is 9.84. The van der Waals surface area contributed by atoms with Crippen LogP contribution in [0.2, 0.25) is 5.02 Å². The van der Waals surface area contributed by atoms with Crippen LogP contribution < -0.4 is 10.6 Å². The Hall–Kier alpha value is -1.26. The molecular weight excluding hydrogens is 240 g/mol. The van der Waals surface area contributed by atoms with Gasteiger partial charge in [0.2, 0.25) is 5.91 Å². The Morgan fingerprint density at radius 1 is 1.53 bits per heavy atom. The Labute approximate surface area is 104 Å². The highest BCUT2D eigenvalue weighted by Crippen LogP contribution is 2.40. The first kappa shape index (κ1) is 10.9. The number of halogens is 1. The molecule has 2 unspecified atom stereocenters. The first-order valence-corrected chi connectivity index (χ1v) is 5.93. The number of fused-ring (bicyclic) bond motifs is 2. The van der Waals surface area contributed by atoms with Crippen molar-refractivity contribution in [1.29, 1.82) is 0 Å². The van der Waals surface area contributed by atoms with Crippen LogP contribution in [0.4, 0.5) is 11.4 Å². The quantitative estimate of drug-likeness (QED) is 0.744. The number of amides is 1. The molecule has 1 fully saturated rings. The van der Waals surface area contributed by atoms with E-state index in [9.17, 15) is 4.79 Å². The molecule has 0 bridgehead atoms. The summed E-state index contributed by atoms with van der Waals surface area (Å²) >= 11 is 6.10. The molecule has 2 heterocycles. The van der Waals surface area contributed by atoms with Crippen molar-refractivity contribution in [3.8, 4) is 0 Å². The first-order valence-electron chi connectivity index (χ1n) is 5.55. The number of hydrogen-bond donors (Lipinski definition) is 2. The minimum atomic E-state index is -0.539. The van der Waals surface area contributed by atoms with Crippen molar-refractivity contribution >= 4 is 28.9 Å². The van der Waals surface area contributed by atoms with Crippen LogP contribution in [-0.2, 0) is 9.53 Å². The third kappa shape index (κ3) is 1.51. The molecule has 1 aromatic carbocycles. The van der Waals surface area contributed by atoms with Crippen LogP contribution in [0.5, 0.6) is 0 Å². The first-order chi connectivity index (χ1) is 8.11. The zero-order chi connectivity index (χ0) is 12.0. The van der Waals surface area contributed by atoms with Crippen molar-refractivity contribution < 1.29 is 9.53 Å². The van der Waals surface area contributed by atoms with Gasteiger partial charge >= 0.3 is 0 Å². The lowest BCUT2D eigenvalue weighted by Crippen LogP contribution is -2.44. The highest BCUT2D eigenvalue weighted by atomic mass is 35.5. The average Bonchev–Trinajstić information content (AvgIpc) is 2.62. The van der Waals surface area contributed by atoms with Gasteiger partial charge < -0.3 is 15.4 Å². The van der Waals surface area contributed by atoms with Crippen molar-refractivity contribution in [3.05, 3.63) is 23.2 Å². The molecule has 3 rings (SSSR count). The minimum absolute atomic E-state index is 0.0118. The van der Waals surface area contributed by atoms with Gasteiger partial charge in [0, 0.05) is 0 Å². The van der Waals surface area contributed by atoms with E-state index in [1.807, 2.05) is 19.1 Å². The van der Waals surface area contributed by atoms with Crippen molar-refractivity contribution in [3.63, 3.8) is 0 Å². The van der Waals surface area contributed by atoms with Crippen molar-refractivity contribution in [2.45, 2.75) is 13.0 Å². The van der Waals surface area contributed by atoms with E-state index in [-0.39, 0.29) is 11.9 Å². The number of benzene rings is 1. The standard InChI is InChI=1S/C12H13ClN2O2/c1-12-6-17-5-9(12)14-8-4-2-3-7(13)10(8)15-11(12)16/h2-4,9,14H,5-6H2,1H3,(H,15,16). The maximum Gasteiger partial charge on any atom is 0.234 e. The van der Waals surface area contributed by atoms with Gasteiger partial charge in [-0.1, -0.05) is 17.7 Å². The summed E-state index contributed by atoms with van der Waals surface area (Å²) in [7, 11) is 0. The van der Waals surface area contributed by atoms with Gasteiger partial charge in [0.15, 0.2) is 0 Å². The summed E-state index contributed by atoms with van der Waals surface area (Å²) in [5.74, 6) is -0.0423. The Balaban J connectivity index is 2.09. The van der Waals surface area contributed by atoms with E-state index in [1.54, 1.807) is 6.07 Å². The predicted octanol–water partition coefficient (Wildman–Crippen LogP) is 2.11. The number of ether oxygens (including phenoxy) is 1. The summed E-state index contributed by atoms with van der Waals surface area (Å²) in [5.41, 5.74) is 0.974. The Kier molecular flexibility index (Phi) is 2.31. The molecule has 17 heavy (non-hydrogen) atoms. The Morgan fingerprint density at radius 2 is 2.35 bits per heavy atom. The van der Waals surface area contributed by atoms with Crippen LogP contribution in [0.15, 0.2) is 18.2 Å². The molecule has 0 saturated carbocycles. The number of carbonyl (C=O) groups is 1. The van der Waals surface area contributed by atoms with Crippen LogP contribution in [0, 0.1) is 5.41 Å². The zero-order valence-corrected chi connectivity index (χ0v) is 10.2. The van der Waals surface area contributed by atoms with Crippen LogP contribution in [0.3, 0.4) is 0 Å². The van der Waals surface area contributed by atoms with Gasteiger partial charge in [-0.3, -0.25) is 4.79 Å². The fraction of sp³-hybridized carbons (Fsp3) is 0.417. The third-order valence-electron chi connectivity index (χ3n) is 3.56. The van der Waals surface area contributed by atoms with Gasteiger partial charge in [0.25, 0.3) is 0 Å². The fourth-order valence-electron chi connectivity index (χ4n) is 2.31. The second-order valence-corrected chi connectivity index (χ2v) is 5.15. The number of para-hydroxylation sites is 1. The Morgan fingerprint density at radius 3 is 3.18 bits per heavy atom. The van der Waals surface area contributed by atoms with Gasteiger partial charge in [0.1, 0.15) is 0 Å². The molecular formula is C12H13ClN2O2. The van der Waals surface area contributed by atoms with E-state index >= 15 is 0 Å². The molecule has 2 N–H and O–H groups in total. The molecule has 1 aromatic rings. The van der Waals surface area contributed by atoms with Crippen LogP contribution in [0.1, 0.15) is 6.92 Å². The second kappa shape index (κ2) is 3.62. The third-order valence-corrected chi connectivity index (χ3v) is 3.87. The highest BCUT2D eigenvalue weighted by Gasteiger charge is 2.48. The predicted molar refractivity (Wildman–Crippen MR) is 66.4 cm³/mol. The summed E-state index contributed by atoms with van der Waals surface area (Å²) < 4.78 is 5.41. The van der Waals surface area contributed by atoms with Gasteiger partial charge in [-0.05, 0) is 19.1 Å². The summed E-state index contributed by atoms with van der Waals surface area (Å²) in [6.07, 6.45) is 0. The van der Waals surface area contributed by atoms with Crippen LogP contribution in [-0.4, -0.2) is 25.2 Å². The van der Waals surface area contributed by atoms with Crippen molar-refractivity contribution in [2.24, 2.45) is 5.41 Å². The van der Waals surface area contributed by atoms with Gasteiger partial charge in [-0.25, -0.2) is 0 Å². The maximum atomic E-state index is 12.2. The van der Waals surface area contributed by atoms with E-state index in [1.165, 1.54) is 0 Å². The molecule has 0 aliphatic carbocycles. The second-order valence-electron chi connectivity index (χ2n) is 4.75. The molecule has 90 valence electrons. The minimum Gasteiger partial charge on any atom is -0.378 e. The van der Waals surface area contributed by atoms with Gasteiger partial charge in [-0.15, -0.1) is 0 Å². The van der Waals surface area contributed by atoms with E-state index in [4.69, 9.17) is 16.3 Å². The lowest BCUT2D eigenvalue weighted by molar-refractivity contribution is -0.124. The molecule has 5 heteroatoms. The SMILES string of the molecule is CC12COCC1Nc1cccc(Cl)c1NC2=O. The van der Waals surface area contributed by atoms with E-state index in [0.717, 1.165) is 5.69 Å².